The Morgan fingerprint density at radius 1 is 1.09 bits per heavy atom. The van der Waals surface area contributed by atoms with Crippen molar-refractivity contribution in [3.8, 4) is 0 Å². The van der Waals surface area contributed by atoms with Gasteiger partial charge in [0.1, 0.15) is 12.6 Å². The zero-order valence-electron chi connectivity index (χ0n) is 18.8. The first-order chi connectivity index (χ1) is 15.1. The maximum Gasteiger partial charge on any atom is 0.244 e. The summed E-state index contributed by atoms with van der Waals surface area (Å²) >= 11 is 3.33. The van der Waals surface area contributed by atoms with E-state index in [1.807, 2.05) is 45.0 Å². The van der Waals surface area contributed by atoms with E-state index < -0.39 is 28.5 Å². The van der Waals surface area contributed by atoms with Crippen molar-refractivity contribution in [2.45, 2.75) is 39.8 Å². The molecule has 0 fully saturated rings. The second-order valence-electron chi connectivity index (χ2n) is 7.58. The number of anilines is 1. The van der Waals surface area contributed by atoms with Crippen LogP contribution >= 0.6 is 15.9 Å². The Bertz CT molecular complexity index is 1040. The molecular weight excluding hydrogens is 494 g/mol. The molecule has 0 bridgehead atoms. The van der Waals surface area contributed by atoms with Gasteiger partial charge in [0.2, 0.25) is 21.8 Å². The summed E-state index contributed by atoms with van der Waals surface area (Å²) in [5, 5.41) is 2.78. The predicted octanol–water partition coefficient (Wildman–Crippen LogP) is 3.47. The van der Waals surface area contributed by atoms with Crippen LogP contribution in [0.5, 0.6) is 0 Å². The second-order valence-corrected chi connectivity index (χ2v) is 10.4. The van der Waals surface area contributed by atoms with Crippen molar-refractivity contribution in [3.05, 3.63) is 64.1 Å². The topological polar surface area (TPSA) is 86.8 Å². The van der Waals surface area contributed by atoms with Crippen LogP contribution in [-0.4, -0.2) is 50.5 Å². The van der Waals surface area contributed by atoms with E-state index in [-0.39, 0.29) is 12.5 Å². The van der Waals surface area contributed by atoms with Gasteiger partial charge < -0.3 is 10.2 Å². The fraction of sp³-hybridized carbons (Fsp3) is 0.391. The highest BCUT2D eigenvalue weighted by molar-refractivity contribution is 9.10. The molecule has 9 heteroatoms. The molecule has 0 aliphatic carbocycles. The largest absolute Gasteiger partial charge is 0.355 e. The normalized spacial score (nSPS) is 12.2. The van der Waals surface area contributed by atoms with Crippen molar-refractivity contribution >= 4 is 43.5 Å². The van der Waals surface area contributed by atoms with Gasteiger partial charge in [-0.15, -0.1) is 0 Å². The van der Waals surface area contributed by atoms with Gasteiger partial charge >= 0.3 is 0 Å². The number of nitrogens with zero attached hydrogens (tertiary/aromatic N) is 2. The number of likely N-dealkylation sites (N-methyl/N-ethyl adjacent to an activating group) is 1. The van der Waals surface area contributed by atoms with Crippen molar-refractivity contribution in [1.82, 2.24) is 10.2 Å². The lowest BCUT2D eigenvalue weighted by Crippen LogP contribution is -2.52. The third-order valence-corrected chi connectivity index (χ3v) is 6.64. The van der Waals surface area contributed by atoms with Gasteiger partial charge in [0, 0.05) is 17.6 Å². The molecule has 0 saturated heterocycles. The molecule has 174 valence electrons. The summed E-state index contributed by atoms with van der Waals surface area (Å²) in [5.41, 5.74) is 2.29. The number of benzene rings is 2. The number of nitrogens with one attached hydrogen (secondary N) is 1. The molecule has 0 aliphatic rings. The van der Waals surface area contributed by atoms with Crippen LogP contribution < -0.4 is 9.62 Å². The van der Waals surface area contributed by atoms with Crippen LogP contribution in [0.1, 0.15) is 31.4 Å². The number of hydrogen-bond acceptors (Lipinski definition) is 4. The number of sulfonamides is 1. The summed E-state index contributed by atoms with van der Waals surface area (Å²) in [6.45, 7) is 5.85. The molecule has 32 heavy (non-hydrogen) atoms. The van der Waals surface area contributed by atoms with E-state index in [4.69, 9.17) is 0 Å². The highest BCUT2D eigenvalue weighted by Gasteiger charge is 2.31. The Hall–Kier alpha value is -2.39. The Morgan fingerprint density at radius 2 is 1.75 bits per heavy atom. The number of rotatable bonds is 10. The minimum absolute atomic E-state index is 0.202. The standard InChI is InChI=1S/C23H30BrN3O4S/c1-5-21(23(29)25-6-2)26(15-18-9-7-8-17(3)14-18)22(28)16-27(32(4,30)31)20-12-10-19(24)11-13-20/h7-14,21H,5-6,15-16H2,1-4H3,(H,25,29)/t21-/m1/s1. The lowest BCUT2D eigenvalue weighted by Gasteiger charge is -2.32. The molecule has 2 aromatic rings. The maximum atomic E-state index is 13.5. The van der Waals surface area contributed by atoms with Crippen LogP contribution in [0.15, 0.2) is 53.0 Å². The summed E-state index contributed by atoms with van der Waals surface area (Å²) in [6, 6.07) is 13.7. The fourth-order valence-electron chi connectivity index (χ4n) is 3.44. The molecule has 1 N–H and O–H groups in total. The smallest absolute Gasteiger partial charge is 0.244 e. The Kier molecular flexibility index (Phi) is 9.27. The van der Waals surface area contributed by atoms with E-state index in [1.165, 1.54) is 4.90 Å². The summed E-state index contributed by atoms with van der Waals surface area (Å²) in [6.07, 6.45) is 1.47. The van der Waals surface area contributed by atoms with Crippen molar-refractivity contribution in [1.29, 1.82) is 0 Å². The van der Waals surface area contributed by atoms with Crippen LogP contribution in [0.3, 0.4) is 0 Å². The van der Waals surface area contributed by atoms with Crippen LogP contribution in [0.2, 0.25) is 0 Å². The van der Waals surface area contributed by atoms with Gasteiger partial charge in [0.25, 0.3) is 0 Å². The van der Waals surface area contributed by atoms with E-state index in [0.717, 1.165) is 26.2 Å². The van der Waals surface area contributed by atoms with Gasteiger partial charge in [-0.05, 0) is 50.1 Å². The summed E-state index contributed by atoms with van der Waals surface area (Å²) < 4.78 is 26.9. The molecule has 0 radical (unpaired) electrons. The highest BCUT2D eigenvalue weighted by Crippen LogP contribution is 2.22. The Morgan fingerprint density at radius 3 is 2.28 bits per heavy atom. The van der Waals surface area contributed by atoms with Crippen LogP contribution in [0, 0.1) is 6.92 Å². The average Bonchev–Trinajstić information content (AvgIpc) is 2.72. The SMILES string of the molecule is CCNC(=O)[C@@H](CC)N(Cc1cccc(C)c1)C(=O)CN(c1ccc(Br)cc1)S(C)(=O)=O. The molecule has 0 unspecified atom stereocenters. The second kappa shape index (κ2) is 11.5. The molecule has 0 aromatic heterocycles. The van der Waals surface area contributed by atoms with Crippen molar-refractivity contribution < 1.29 is 18.0 Å². The van der Waals surface area contributed by atoms with E-state index in [9.17, 15) is 18.0 Å². The van der Waals surface area contributed by atoms with Crippen LogP contribution in [0.4, 0.5) is 5.69 Å². The number of hydrogen-bond donors (Lipinski definition) is 1. The number of carbonyl (C=O) groups is 2. The fourth-order valence-corrected chi connectivity index (χ4v) is 4.55. The van der Waals surface area contributed by atoms with Crippen molar-refractivity contribution in [2.24, 2.45) is 0 Å². The third kappa shape index (κ3) is 7.06. The minimum atomic E-state index is -3.73. The van der Waals surface area contributed by atoms with Crippen molar-refractivity contribution in [3.63, 3.8) is 0 Å². The average molecular weight is 524 g/mol. The molecule has 0 saturated carbocycles. The summed E-state index contributed by atoms with van der Waals surface area (Å²) in [5.74, 6) is -0.705. The number of amides is 2. The first-order valence-electron chi connectivity index (χ1n) is 10.4. The van der Waals surface area contributed by atoms with E-state index in [2.05, 4.69) is 21.2 Å². The predicted molar refractivity (Wildman–Crippen MR) is 131 cm³/mol. The lowest BCUT2D eigenvalue weighted by molar-refractivity contribution is -0.140. The monoisotopic (exact) mass is 523 g/mol. The third-order valence-electron chi connectivity index (χ3n) is 4.97. The number of aryl methyl sites for hydroxylation is 1. The molecule has 0 aliphatic heterocycles. The van der Waals surface area contributed by atoms with Crippen molar-refractivity contribution in [2.75, 3.05) is 23.7 Å². The summed E-state index contributed by atoms with van der Waals surface area (Å²) in [7, 11) is -3.73. The number of halogens is 1. The van der Waals surface area contributed by atoms with Gasteiger partial charge in [0.05, 0.1) is 11.9 Å². The molecular formula is C23H30BrN3O4S. The maximum absolute atomic E-state index is 13.5. The quantitative estimate of drug-likeness (QED) is 0.516. The van der Waals surface area contributed by atoms with E-state index in [0.29, 0.717) is 18.7 Å². The molecule has 2 rings (SSSR count). The zero-order chi connectivity index (χ0) is 23.9. The molecule has 7 nitrogen and oxygen atoms in total. The van der Waals surface area contributed by atoms with Gasteiger partial charge in [0.15, 0.2) is 0 Å². The summed E-state index contributed by atoms with van der Waals surface area (Å²) in [4.78, 5) is 27.7. The van der Waals surface area contributed by atoms with Gasteiger partial charge in [-0.3, -0.25) is 13.9 Å². The first-order valence-corrected chi connectivity index (χ1v) is 13.1. The first kappa shape index (κ1) is 25.9. The molecule has 0 heterocycles. The van der Waals surface area contributed by atoms with Gasteiger partial charge in [-0.25, -0.2) is 8.42 Å². The lowest BCUT2D eigenvalue weighted by atomic mass is 10.1. The van der Waals surface area contributed by atoms with E-state index >= 15 is 0 Å². The van der Waals surface area contributed by atoms with Crippen LogP contribution in [0.25, 0.3) is 0 Å². The molecule has 2 amide bonds. The molecule has 1 atom stereocenters. The van der Waals surface area contributed by atoms with Gasteiger partial charge in [-0.1, -0.05) is 52.7 Å². The Labute approximate surface area is 199 Å². The molecule has 2 aromatic carbocycles. The molecule has 0 spiro atoms. The van der Waals surface area contributed by atoms with Gasteiger partial charge in [-0.2, -0.15) is 0 Å². The minimum Gasteiger partial charge on any atom is -0.355 e. The highest BCUT2D eigenvalue weighted by atomic mass is 79.9. The zero-order valence-corrected chi connectivity index (χ0v) is 21.2. The van der Waals surface area contributed by atoms with E-state index in [1.54, 1.807) is 24.3 Å². The number of carbonyl (C=O) groups excluding carboxylic acids is 2. The van der Waals surface area contributed by atoms with Crippen LogP contribution in [-0.2, 0) is 26.2 Å². The Balaban J connectivity index is 2.42.